The van der Waals surface area contributed by atoms with E-state index in [1.165, 1.54) is 0 Å². The summed E-state index contributed by atoms with van der Waals surface area (Å²) in [6.45, 7) is 0.573. The zero-order valence-corrected chi connectivity index (χ0v) is 9.97. The van der Waals surface area contributed by atoms with E-state index < -0.39 is 0 Å². The van der Waals surface area contributed by atoms with Gasteiger partial charge in [0, 0.05) is 30.4 Å². The first-order valence-corrected chi connectivity index (χ1v) is 5.78. The summed E-state index contributed by atoms with van der Waals surface area (Å²) in [4.78, 5) is 19.4. The van der Waals surface area contributed by atoms with E-state index in [1.54, 1.807) is 27.3 Å². The molecule has 0 atom stereocenters. The summed E-state index contributed by atoms with van der Waals surface area (Å²) in [6, 6.07) is 7.17. The Morgan fingerprint density at radius 1 is 1.32 bits per heavy atom. The van der Waals surface area contributed by atoms with Gasteiger partial charge in [0.1, 0.15) is 5.52 Å². The van der Waals surface area contributed by atoms with Crippen LogP contribution < -0.4 is 5.56 Å². The van der Waals surface area contributed by atoms with Crippen molar-refractivity contribution >= 4 is 16.7 Å². The van der Waals surface area contributed by atoms with Gasteiger partial charge in [0.2, 0.25) is 0 Å². The minimum Gasteiger partial charge on any atom is -0.303 e. The maximum absolute atomic E-state index is 12.4. The quantitative estimate of drug-likeness (QED) is 0.406. The lowest BCUT2D eigenvalue weighted by atomic mass is 10.3. The van der Waals surface area contributed by atoms with Gasteiger partial charge in [-0.2, -0.15) is 0 Å². The zero-order chi connectivity index (χ0) is 13.2. The first-order chi connectivity index (χ1) is 9.33. The van der Waals surface area contributed by atoms with Crippen molar-refractivity contribution in [3.05, 3.63) is 57.5 Å². The molecule has 0 bridgehead atoms. The smallest absolute Gasteiger partial charge is 0.275 e. The average Bonchev–Trinajstić information content (AvgIpc) is 2.92. The van der Waals surface area contributed by atoms with E-state index in [2.05, 4.69) is 15.0 Å². The molecule has 0 unspecified atom stereocenters. The molecule has 94 valence electrons. The molecule has 0 aliphatic carbocycles. The van der Waals surface area contributed by atoms with E-state index in [4.69, 9.17) is 5.53 Å². The number of fused-ring (bicyclic) bond motifs is 3. The minimum atomic E-state index is -0.112. The van der Waals surface area contributed by atoms with Crippen molar-refractivity contribution in [3.8, 4) is 0 Å². The van der Waals surface area contributed by atoms with Gasteiger partial charge < -0.3 is 4.57 Å². The van der Waals surface area contributed by atoms with Crippen molar-refractivity contribution in [2.45, 2.75) is 6.54 Å². The summed E-state index contributed by atoms with van der Waals surface area (Å²) < 4.78 is 3.36. The van der Waals surface area contributed by atoms with Gasteiger partial charge in [0.25, 0.3) is 5.56 Å². The van der Waals surface area contributed by atoms with Gasteiger partial charge in [0.05, 0.1) is 5.52 Å². The van der Waals surface area contributed by atoms with Crippen LogP contribution in [-0.4, -0.2) is 20.5 Å². The highest BCUT2D eigenvalue weighted by molar-refractivity contribution is 5.74. The molecule has 0 aliphatic rings. The van der Waals surface area contributed by atoms with E-state index in [0.29, 0.717) is 17.7 Å². The van der Waals surface area contributed by atoms with E-state index in [1.807, 2.05) is 18.3 Å². The summed E-state index contributed by atoms with van der Waals surface area (Å²) in [5.74, 6) is 0. The van der Waals surface area contributed by atoms with Gasteiger partial charge in [-0.3, -0.25) is 9.20 Å². The molecule has 0 amide bonds. The van der Waals surface area contributed by atoms with Crippen LogP contribution in [0.5, 0.6) is 0 Å². The molecule has 0 aliphatic heterocycles. The molecule has 7 nitrogen and oxygen atoms in total. The molecule has 3 heterocycles. The zero-order valence-electron chi connectivity index (χ0n) is 9.97. The SMILES string of the molecule is [N-]=[N+]=NCCn1c(=O)c2cccn2c2ncccc21. The Bertz CT molecular complexity index is 855. The number of pyridine rings is 1. The van der Waals surface area contributed by atoms with Crippen molar-refractivity contribution in [2.75, 3.05) is 6.54 Å². The van der Waals surface area contributed by atoms with Crippen LogP contribution >= 0.6 is 0 Å². The van der Waals surface area contributed by atoms with Crippen LogP contribution in [0.3, 0.4) is 0 Å². The normalized spacial score (nSPS) is 10.7. The predicted octanol–water partition coefficient (Wildman–Crippen LogP) is 1.96. The van der Waals surface area contributed by atoms with Crippen LogP contribution in [0.4, 0.5) is 0 Å². The molecular formula is C12H10N6O. The van der Waals surface area contributed by atoms with E-state index >= 15 is 0 Å². The van der Waals surface area contributed by atoms with Gasteiger partial charge in [-0.25, -0.2) is 4.98 Å². The number of hydrogen-bond acceptors (Lipinski definition) is 3. The molecule has 0 aromatic carbocycles. The van der Waals surface area contributed by atoms with Crippen molar-refractivity contribution in [3.63, 3.8) is 0 Å². The first-order valence-electron chi connectivity index (χ1n) is 5.78. The highest BCUT2D eigenvalue weighted by atomic mass is 16.1. The van der Waals surface area contributed by atoms with Crippen molar-refractivity contribution < 1.29 is 0 Å². The highest BCUT2D eigenvalue weighted by Gasteiger charge is 2.10. The maximum atomic E-state index is 12.4. The van der Waals surface area contributed by atoms with Crippen LogP contribution in [-0.2, 0) is 6.54 Å². The molecule has 0 saturated carbocycles. The lowest BCUT2D eigenvalue weighted by Gasteiger charge is -2.10. The summed E-state index contributed by atoms with van der Waals surface area (Å²) in [6.07, 6.45) is 3.49. The maximum Gasteiger partial charge on any atom is 0.275 e. The number of aromatic nitrogens is 3. The predicted molar refractivity (Wildman–Crippen MR) is 71.0 cm³/mol. The Kier molecular flexibility index (Phi) is 2.66. The second kappa shape index (κ2) is 4.47. The lowest BCUT2D eigenvalue weighted by Crippen LogP contribution is -2.24. The Balaban J connectivity index is 2.35. The monoisotopic (exact) mass is 254 g/mol. The Morgan fingerprint density at radius 2 is 2.16 bits per heavy atom. The van der Waals surface area contributed by atoms with Gasteiger partial charge in [-0.15, -0.1) is 0 Å². The van der Waals surface area contributed by atoms with Gasteiger partial charge >= 0.3 is 0 Å². The molecule has 3 aromatic rings. The third kappa shape index (κ3) is 1.73. The Morgan fingerprint density at radius 3 is 3.00 bits per heavy atom. The average molecular weight is 254 g/mol. The summed E-state index contributed by atoms with van der Waals surface area (Å²) >= 11 is 0. The molecule has 0 saturated heterocycles. The fourth-order valence-electron chi connectivity index (χ4n) is 2.18. The van der Waals surface area contributed by atoms with Crippen LogP contribution in [0.2, 0.25) is 0 Å². The molecular weight excluding hydrogens is 244 g/mol. The number of azide groups is 1. The molecule has 0 N–H and O–H groups in total. The number of nitrogens with zero attached hydrogens (tertiary/aromatic N) is 6. The topological polar surface area (TPSA) is 88.1 Å². The molecule has 7 heteroatoms. The fraction of sp³-hybridized carbons (Fsp3) is 0.167. The largest absolute Gasteiger partial charge is 0.303 e. The second-order valence-electron chi connectivity index (χ2n) is 4.02. The molecule has 19 heavy (non-hydrogen) atoms. The van der Waals surface area contributed by atoms with E-state index in [0.717, 1.165) is 5.52 Å². The van der Waals surface area contributed by atoms with Crippen LogP contribution in [0.25, 0.3) is 27.1 Å². The second-order valence-corrected chi connectivity index (χ2v) is 4.02. The van der Waals surface area contributed by atoms with Gasteiger partial charge in [-0.05, 0) is 29.8 Å². The molecule has 0 radical (unpaired) electrons. The third-order valence-corrected chi connectivity index (χ3v) is 2.98. The lowest BCUT2D eigenvalue weighted by molar-refractivity contribution is 0.703. The van der Waals surface area contributed by atoms with Crippen molar-refractivity contribution in [1.82, 2.24) is 14.0 Å². The van der Waals surface area contributed by atoms with E-state index in [-0.39, 0.29) is 12.1 Å². The summed E-state index contributed by atoms with van der Waals surface area (Å²) in [5, 5.41) is 3.48. The highest BCUT2D eigenvalue weighted by Crippen LogP contribution is 2.12. The van der Waals surface area contributed by atoms with Crippen molar-refractivity contribution in [2.24, 2.45) is 5.11 Å². The molecule has 3 aromatic heterocycles. The summed E-state index contributed by atoms with van der Waals surface area (Å²) in [5.41, 5.74) is 10.2. The standard InChI is InChI=1S/C12H10N6O/c13-16-15-6-8-18-9-3-1-5-14-11(9)17-7-2-4-10(17)12(18)19/h1-5,7H,6,8H2. The Labute approximate surface area is 107 Å². The van der Waals surface area contributed by atoms with Crippen molar-refractivity contribution in [1.29, 1.82) is 0 Å². The number of rotatable bonds is 3. The molecule has 0 fully saturated rings. The minimum absolute atomic E-state index is 0.112. The molecule has 0 spiro atoms. The van der Waals surface area contributed by atoms with Crippen LogP contribution in [0.15, 0.2) is 46.6 Å². The van der Waals surface area contributed by atoms with Gasteiger partial charge in [0.15, 0.2) is 5.65 Å². The number of hydrogen-bond donors (Lipinski definition) is 0. The van der Waals surface area contributed by atoms with Crippen LogP contribution in [0, 0.1) is 0 Å². The fourth-order valence-corrected chi connectivity index (χ4v) is 2.18. The van der Waals surface area contributed by atoms with Crippen LogP contribution in [0.1, 0.15) is 0 Å². The molecule has 3 rings (SSSR count). The van der Waals surface area contributed by atoms with Gasteiger partial charge in [-0.1, -0.05) is 5.11 Å². The first kappa shape index (κ1) is 11.3. The Hall–Kier alpha value is -2.79. The van der Waals surface area contributed by atoms with E-state index in [9.17, 15) is 4.79 Å². The summed E-state index contributed by atoms with van der Waals surface area (Å²) in [7, 11) is 0. The third-order valence-electron chi connectivity index (χ3n) is 2.98.